The van der Waals surface area contributed by atoms with E-state index in [4.69, 9.17) is 13.9 Å². The van der Waals surface area contributed by atoms with Crippen molar-refractivity contribution in [2.24, 2.45) is 4.99 Å². The number of hydrogen-bond acceptors (Lipinski definition) is 8. The highest BCUT2D eigenvalue weighted by molar-refractivity contribution is 7.07. The second-order valence-corrected chi connectivity index (χ2v) is 9.64. The predicted molar refractivity (Wildman–Crippen MR) is 144 cm³/mol. The number of fused-ring (bicyclic) bond motifs is 1. The number of carboxylic acid groups (broad SMARTS) is 1. The van der Waals surface area contributed by atoms with Crippen molar-refractivity contribution in [3.63, 3.8) is 0 Å². The molecule has 39 heavy (non-hydrogen) atoms. The average Bonchev–Trinajstić information content (AvgIpc) is 3.52. The summed E-state index contributed by atoms with van der Waals surface area (Å²) in [7, 11) is 1.53. The van der Waals surface area contributed by atoms with Crippen molar-refractivity contribution >= 4 is 29.4 Å². The van der Waals surface area contributed by atoms with Gasteiger partial charge in [0.25, 0.3) is 5.56 Å². The number of rotatable bonds is 7. The second kappa shape index (κ2) is 10.6. The Hall–Kier alpha value is -4.70. The van der Waals surface area contributed by atoms with Crippen LogP contribution in [0.4, 0.5) is 0 Å². The van der Waals surface area contributed by atoms with E-state index in [0.29, 0.717) is 43.4 Å². The lowest BCUT2D eigenvalue weighted by Gasteiger charge is -2.25. The molecule has 5 rings (SSSR count). The third-order valence-corrected chi connectivity index (χ3v) is 7.23. The number of benzene rings is 2. The van der Waals surface area contributed by atoms with Gasteiger partial charge in [0.05, 0.1) is 35.1 Å². The number of ether oxygens (including phenoxy) is 2. The number of aromatic nitrogens is 1. The van der Waals surface area contributed by atoms with E-state index in [0.717, 1.165) is 0 Å². The van der Waals surface area contributed by atoms with Crippen LogP contribution < -0.4 is 19.6 Å². The Morgan fingerprint density at radius 3 is 2.69 bits per heavy atom. The Kier molecular flexibility index (Phi) is 7.03. The van der Waals surface area contributed by atoms with Crippen molar-refractivity contribution in [2.45, 2.75) is 19.9 Å². The van der Waals surface area contributed by atoms with Crippen molar-refractivity contribution in [2.75, 3.05) is 13.7 Å². The quantitative estimate of drug-likeness (QED) is 0.352. The molecule has 1 unspecified atom stereocenters. The monoisotopic (exact) mass is 544 g/mol. The van der Waals surface area contributed by atoms with Crippen LogP contribution in [0.5, 0.6) is 5.75 Å². The third-order valence-electron chi connectivity index (χ3n) is 6.24. The molecule has 0 radical (unpaired) electrons. The van der Waals surface area contributed by atoms with Gasteiger partial charge < -0.3 is 19.0 Å². The van der Waals surface area contributed by atoms with Gasteiger partial charge in [0.2, 0.25) is 0 Å². The maximum atomic E-state index is 13.8. The highest BCUT2D eigenvalue weighted by atomic mass is 32.1. The molecule has 2 aromatic carbocycles. The lowest BCUT2D eigenvalue weighted by atomic mass is 9.95. The summed E-state index contributed by atoms with van der Waals surface area (Å²) in [5.41, 5.74) is 1.73. The summed E-state index contributed by atoms with van der Waals surface area (Å²) in [5.74, 6) is -0.196. The molecule has 3 heterocycles. The fourth-order valence-electron chi connectivity index (χ4n) is 4.50. The maximum Gasteiger partial charge on any atom is 0.338 e. The SMILES string of the molecule is CCOC(=O)C1=C(C)N=c2s/c(=C/c3ccc(-c4cccc(C(=O)O)c4)o3)c(=O)n2C1c1ccccc1OC. The lowest BCUT2D eigenvalue weighted by molar-refractivity contribution is -0.139. The van der Waals surface area contributed by atoms with Crippen LogP contribution in [0.15, 0.2) is 86.1 Å². The Labute approximate surface area is 226 Å². The van der Waals surface area contributed by atoms with E-state index in [1.54, 1.807) is 50.3 Å². The van der Waals surface area contributed by atoms with Gasteiger partial charge >= 0.3 is 11.9 Å². The molecule has 0 saturated heterocycles. The average molecular weight is 545 g/mol. The van der Waals surface area contributed by atoms with Gasteiger partial charge in [-0.05, 0) is 44.2 Å². The Morgan fingerprint density at radius 1 is 1.15 bits per heavy atom. The Morgan fingerprint density at radius 2 is 1.95 bits per heavy atom. The van der Waals surface area contributed by atoms with Crippen molar-refractivity contribution in [1.29, 1.82) is 0 Å². The van der Waals surface area contributed by atoms with Crippen LogP contribution in [-0.2, 0) is 9.53 Å². The van der Waals surface area contributed by atoms with E-state index < -0.39 is 18.0 Å². The first-order valence-corrected chi connectivity index (χ1v) is 12.9. The number of carbonyl (C=O) groups excluding carboxylic acids is 1. The zero-order chi connectivity index (χ0) is 27.7. The summed E-state index contributed by atoms with van der Waals surface area (Å²) in [4.78, 5) is 43.2. The first-order valence-electron chi connectivity index (χ1n) is 12.1. The van der Waals surface area contributed by atoms with Crippen molar-refractivity contribution in [3.8, 4) is 17.1 Å². The number of carboxylic acids is 1. The second-order valence-electron chi connectivity index (χ2n) is 8.63. The Balaban J connectivity index is 1.64. The van der Waals surface area contributed by atoms with E-state index in [-0.39, 0.29) is 23.3 Å². The molecule has 1 aliphatic heterocycles. The molecular formula is C29H24N2O7S. The number of esters is 1. The minimum absolute atomic E-state index is 0.142. The number of allylic oxidation sites excluding steroid dienone is 1. The van der Waals surface area contributed by atoms with E-state index in [1.165, 1.54) is 35.1 Å². The summed E-state index contributed by atoms with van der Waals surface area (Å²) in [6.07, 6.45) is 1.61. The van der Waals surface area contributed by atoms with Crippen LogP contribution in [0.3, 0.4) is 0 Å². The van der Waals surface area contributed by atoms with Crippen LogP contribution in [0.1, 0.15) is 41.6 Å². The van der Waals surface area contributed by atoms with E-state index in [2.05, 4.69) is 4.99 Å². The molecule has 0 bridgehead atoms. The van der Waals surface area contributed by atoms with Gasteiger partial charge in [-0.15, -0.1) is 0 Å². The maximum absolute atomic E-state index is 13.8. The van der Waals surface area contributed by atoms with Gasteiger partial charge in [0.1, 0.15) is 23.3 Å². The number of hydrogen-bond donors (Lipinski definition) is 1. The molecule has 0 spiro atoms. The van der Waals surface area contributed by atoms with Crippen LogP contribution in [0, 0.1) is 0 Å². The van der Waals surface area contributed by atoms with E-state index >= 15 is 0 Å². The minimum Gasteiger partial charge on any atom is -0.496 e. The zero-order valence-electron chi connectivity index (χ0n) is 21.3. The molecule has 9 nitrogen and oxygen atoms in total. The molecule has 0 saturated carbocycles. The normalized spacial score (nSPS) is 15.1. The fourth-order valence-corrected chi connectivity index (χ4v) is 5.53. The minimum atomic E-state index is -1.04. The first kappa shape index (κ1) is 25.9. The number of nitrogens with zero attached hydrogens (tertiary/aromatic N) is 2. The third kappa shape index (κ3) is 4.82. The molecule has 1 N–H and O–H groups in total. The summed E-state index contributed by atoms with van der Waals surface area (Å²) < 4.78 is 18.7. The van der Waals surface area contributed by atoms with Crippen LogP contribution >= 0.6 is 11.3 Å². The standard InChI is InChI=1S/C29H24N2O7S/c1-4-37-28(35)24-16(2)30-29-31(25(24)20-10-5-6-11-22(20)36-3)26(32)23(39-29)15-19-12-13-21(38-19)17-8-7-9-18(14-17)27(33)34/h5-15,25H,4H2,1-3H3,(H,33,34)/b23-15+. The zero-order valence-corrected chi connectivity index (χ0v) is 22.2. The molecule has 4 aromatic rings. The lowest BCUT2D eigenvalue weighted by Crippen LogP contribution is -2.40. The van der Waals surface area contributed by atoms with Crippen LogP contribution in [0.2, 0.25) is 0 Å². The van der Waals surface area contributed by atoms with Crippen molar-refractivity contribution < 1.29 is 28.6 Å². The summed E-state index contributed by atoms with van der Waals surface area (Å²) in [6.45, 7) is 3.61. The summed E-state index contributed by atoms with van der Waals surface area (Å²) >= 11 is 1.17. The molecule has 0 aliphatic carbocycles. The van der Waals surface area contributed by atoms with Gasteiger partial charge in [-0.3, -0.25) is 9.36 Å². The van der Waals surface area contributed by atoms with Crippen molar-refractivity contribution in [3.05, 3.63) is 109 Å². The highest BCUT2D eigenvalue weighted by Crippen LogP contribution is 2.35. The first-order chi connectivity index (χ1) is 18.8. The molecular weight excluding hydrogens is 520 g/mol. The van der Waals surface area contributed by atoms with Gasteiger partial charge in [-0.1, -0.05) is 41.7 Å². The molecule has 198 valence electrons. The molecule has 1 aliphatic rings. The number of carbonyl (C=O) groups is 2. The van der Waals surface area contributed by atoms with E-state index in [1.807, 2.05) is 18.2 Å². The smallest absolute Gasteiger partial charge is 0.338 e. The molecule has 10 heteroatoms. The number of aromatic carboxylic acids is 1. The highest BCUT2D eigenvalue weighted by Gasteiger charge is 2.35. The van der Waals surface area contributed by atoms with Crippen molar-refractivity contribution in [1.82, 2.24) is 4.57 Å². The van der Waals surface area contributed by atoms with Gasteiger partial charge in [0, 0.05) is 17.2 Å². The van der Waals surface area contributed by atoms with Crippen LogP contribution in [0.25, 0.3) is 17.4 Å². The molecule has 0 amide bonds. The summed E-state index contributed by atoms with van der Waals surface area (Å²) in [5, 5.41) is 9.28. The topological polar surface area (TPSA) is 120 Å². The fraction of sp³-hybridized carbons (Fsp3) is 0.172. The number of thiazole rings is 1. The Bertz CT molecular complexity index is 1810. The van der Waals surface area contributed by atoms with Crippen LogP contribution in [-0.4, -0.2) is 35.3 Å². The predicted octanol–water partition coefficient (Wildman–Crippen LogP) is 3.77. The van der Waals surface area contributed by atoms with Gasteiger partial charge in [-0.25, -0.2) is 14.6 Å². The number of furan rings is 1. The van der Waals surface area contributed by atoms with Gasteiger partial charge in [-0.2, -0.15) is 0 Å². The summed E-state index contributed by atoms with van der Waals surface area (Å²) in [6, 6.07) is 16.2. The molecule has 2 aromatic heterocycles. The van der Waals surface area contributed by atoms with E-state index in [9.17, 15) is 19.5 Å². The molecule has 0 fully saturated rings. The largest absolute Gasteiger partial charge is 0.496 e. The molecule has 1 atom stereocenters. The number of methoxy groups -OCH3 is 1. The number of para-hydroxylation sites is 1. The van der Waals surface area contributed by atoms with Gasteiger partial charge in [0.15, 0.2) is 4.80 Å².